The van der Waals surface area contributed by atoms with Crippen molar-refractivity contribution in [1.29, 1.82) is 0 Å². The van der Waals surface area contributed by atoms with Crippen LogP contribution in [0.3, 0.4) is 0 Å². The molecular weight excluding hydrogens is 219 g/mol. The van der Waals surface area contributed by atoms with Gasteiger partial charge in [-0.25, -0.2) is 0 Å². The van der Waals surface area contributed by atoms with E-state index in [0.29, 0.717) is 0 Å². The lowest BCUT2D eigenvalue weighted by atomic mass is 10.1. The van der Waals surface area contributed by atoms with Crippen LogP contribution in [0, 0.1) is 0 Å². The van der Waals surface area contributed by atoms with E-state index < -0.39 is 6.32 Å². The van der Waals surface area contributed by atoms with Crippen LogP contribution in [-0.2, 0) is 11.8 Å². The predicted molar refractivity (Wildman–Crippen MR) is 72.4 cm³/mol. The van der Waals surface area contributed by atoms with Crippen LogP contribution in [0.4, 0.5) is 0 Å². The number of hydrogen-bond acceptors (Lipinski definition) is 1. The summed E-state index contributed by atoms with van der Waals surface area (Å²) in [5.74, 6) is 2.22. The number of hydrogen-bond donors (Lipinski definition) is 0. The lowest BCUT2D eigenvalue weighted by Gasteiger charge is -2.10. The van der Waals surface area contributed by atoms with Crippen LogP contribution in [0.2, 0.25) is 0 Å². The number of rotatable bonds is 1. The van der Waals surface area contributed by atoms with Gasteiger partial charge in [0.2, 0.25) is 0 Å². The van der Waals surface area contributed by atoms with E-state index >= 15 is 0 Å². The minimum absolute atomic E-state index is 0.536. The van der Waals surface area contributed by atoms with Gasteiger partial charge in [-0.05, 0) is 48.8 Å². The second-order valence-electron chi connectivity index (χ2n) is 3.72. The third-order valence-electron chi connectivity index (χ3n) is 2.59. The molecule has 0 bridgehead atoms. The molecule has 1 unspecified atom stereocenters. The van der Waals surface area contributed by atoms with Crippen LogP contribution in [0.5, 0.6) is 0 Å². The van der Waals surface area contributed by atoms with Gasteiger partial charge in [-0.1, -0.05) is 42.1 Å². The molecule has 0 fully saturated rings. The summed E-state index contributed by atoms with van der Waals surface area (Å²) in [5.41, 5.74) is 3.93. The maximum atomic E-state index is 5.53. The highest BCUT2D eigenvalue weighted by molar-refractivity contribution is 8.06. The summed E-state index contributed by atoms with van der Waals surface area (Å²) >= 11 is 5.53. The smallest absolute Gasteiger partial charge is 0.0156 e. The van der Waals surface area contributed by atoms with Crippen LogP contribution in [-0.4, -0.2) is 5.29 Å². The fourth-order valence-electron chi connectivity index (χ4n) is 1.55. The van der Waals surface area contributed by atoms with Crippen LogP contribution < -0.4 is 0 Å². The Morgan fingerprint density at radius 2 is 1.67 bits per heavy atom. The van der Waals surface area contributed by atoms with Crippen LogP contribution >= 0.6 is 6.32 Å². The molecule has 0 N–H and O–H groups in total. The first-order chi connectivity index (χ1) is 7.18. The quantitative estimate of drug-likeness (QED) is 0.659. The summed E-state index contributed by atoms with van der Waals surface area (Å²) in [7, 11) is 0. The van der Waals surface area contributed by atoms with Crippen molar-refractivity contribution >= 4 is 23.4 Å². The third-order valence-corrected chi connectivity index (χ3v) is 4.98. The Morgan fingerprint density at radius 1 is 1.00 bits per heavy atom. The van der Waals surface area contributed by atoms with Crippen molar-refractivity contribution in [3.05, 3.63) is 58.9 Å². The lowest BCUT2D eigenvalue weighted by Crippen LogP contribution is -1.98. The molecule has 1 aromatic rings. The molecule has 1 aliphatic rings. The molecule has 2 heteroatoms. The normalized spacial score (nSPS) is 18.5. The van der Waals surface area contributed by atoms with Gasteiger partial charge >= 0.3 is 0 Å². The predicted octanol–water partition coefficient (Wildman–Crippen LogP) is 4.01. The highest BCUT2D eigenvalue weighted by atomic mass is 32.4. The fourth-order valence-corrected chi connectivity index (χ4v) is 3.92. The summed E-state index contributed by atoms with van der Waals surface area (Å²) < 4.78 is 0. The average molecular weight is 232 g/mol. The zero-order valence-corrected chi connectivity index (χ0v) is 10.6. The minimum Gasteiger partial charge on any atom is -0.0622 e. The molecule has 0 radical (unpaired) electrons. The van der Waals surface area contributed by atoms with Gasteiger partial charge in [0.1, 0.15) is 0 Å². The number of allylic oxidation sites excluding steroid dienone is 3. The highest BCUT2D eigenvalue weighted by Gasteiger charge is 2.06. The molecule has 0 saturated heterocycles. The molecule has 0 saturated carbocycles. The van der Waals surface area contributed by atoms with Crippen molar-refractivity contribution in [2.75, 3.05) is 0 Å². The lowest BCUT2D eigenvalue weighted by molar-refractivity contribution is 1.36. The van der Waals surface area contributed by atoms with Crippen LogP contribution in [0.15, 0.2) is 53.4 Å². The van der Waals surface area contributed by atoms with E-state index in [-0.39, 0.29) is 0 Å². The molecule has 0 nitrogen and oxygen atoms in total. The van der Waals surface area contributed by atoms with Crippen LogP contribution in [0.25, 0.3) is 0 Å². The summed E-state index contributed by atoms with van der Waals surface area (Å²) in [6, 6.07) is 10.4. The Bertz CT molecular complexity index is 515. The van der Waals surface area contributed by atoms with Crippen molar-refractivity contribution < 1.29 is 0 Å². The largest absolute Gasteiger partial charge is 0.0622 e. The van der Waals surface area contributed by atoms with Gasteiger partial charge in [-0.15, -0.1) is 0 Å². The number of benzene rings is 1. The second-order valence-corrected chi connectivity index (χ2v) is 6.29. The molecule has 0 spiro atoms. The van der Waals surface area contributed by atoms with Gasteiger partial charge in [0.05, 0.1) is 0 Å². The van der Waals surface area contributed by atoms with Gasteiger partial charge in [0, 0.05) is 5.29 Å². The SMILES string of the molecule is CC1=CC(c2ccccc2)=P(=S)C=C1C. The molecule has 0 amide bonds. The van der Waals surface area contributed by atoms with Crippen molar-refractivity contribution in [3.63, 3.8) is 0 Å². The molecule has 2 rings (SSSR count). The summed E-state index contributed by atoms with van der Waals surface area (Å²) in [6.45, 7) is 4.28. The van der Waals surface area contributed by atoms with E-state index in [0.717, 1.165) is 0 Å². The van der Waals surface area contributed by atoms with Crippen molar-refractivity contribution in [2.24, 2.45) is 0 Å². The van der Waals surface area contributed by atoms with E-state index in [1.807, 2.05) is 6.07 Å². The van der Waals surface area contributed by atoms with Gasteiger partial charge in [-0.2, -0.15) is 0 Å². The summed E-state index contributed by atoms with van der Waals surface area (Å²) in [6.07, 6.45) is 1.70. The van der Waals surface area contributed by atoms with Crippen molar-refractivity contribution in [3.8, 4) is 0 Å². The average Bonchev–Trinajstić information content (AvgIpc) is 2.25. The topological polar surface area (TPSA) is 0 Å². The Balaban J connectivity index is 2.58. The van der Waals surface area contributed by atoms with E-state index in [4.69, 9.17) is 11.8 Å². The zero-order valence-electron chi connectivity index (χ0n) is 8.90. The fraction of sp³-hybridized carbons (Fsp3) is 0.154. The maximum Gasteiger partial charge on any atom is 0.0156 e. The molecule has 15 heavy (non-hydrogen) atoms. The van der Waals surface area contributed by atoms with Crippen molar-refractivity contribution in [1.82, 2.24) is 0 Å². The Kier molecular flexibility index (Phi) is 3.04. The monoisotopic (exact) mass is 232 g/mol. The molecule has 1 aliphatic heterocycles. The second kappa shape index (κ2) is 4.30. The molecular formula is C13H13PS. The van der Waals surface area contributed by atoms with E-state index in [2.05, 4.69) is 50.0 Å². The molecule has 1 atom stereocenters. The first-order valence-electron chi connectivity index (χ1n) is 4.94. The Hall–Kier alpha value is -0.910. The molecule has 0 aliphatic carbocycles. The highest BCUT2D eigenvalue weighted by Crippen LogP contribution is 2.28. The summed E-state index contributed by atoms with van der Waals surface area (Å²) in [4.78, 5) is 0. The summed E-state index contributed by atoms with van der Waals surface area (Å²) in [5, 5.41) is 1.31. The first kappa shape index (κ1) is 10.6. The minimum atomic E-state index is -0.536. The van der Waals surface area contributed by atoms with Gasteiger partial charge in [-0.3, -0.25) is 0 Å². The Labute approximate surface area is 96.4 Å². The van der Waals surface area contributed by atoms with Crippen LogP contribution in [0.1, 0.15) is 19.4 Å². The van der Waals surface area contributed by atoms with Gasteiger partial charge < -0.3 is 0 Å². The standard InChI is InChI=1S/C13H13PS/c1-10-8-13(14(15)9-11(10)2)12-6-4-3-5-7-12/h3-9H,1-2H3. The molecule has 1 aromatic carbocycles. The van der Waals surface area contributed by atoms with E-state index in [1.165, 1.54) is 22.0 Å². The zero-order chi connectivity index (χ0) is 10.8. The first-order valence-corrected chi connectivity index (χ1v) is 7.37. The molecule has 76 valence electrons. The Morgan fingerprint density at radius 3 is 2.33 bits per heavy atom. The van der Waals surface area contributed by atoms with E-state index in [1.54, 1.807) is 0 Å². The molecule has 0 aromatic heterocycles. The maximum absolute atomic E-state index is 5.53. The third kappa shape index (κ3) is 2.19. The van der Waals surface area contributed by atoms with Gasteiger partial charge in [0.15, 0.2) is 0 Å². The molecule has 1 heterocycles. The van der Waals surface area contributed by atoms with E-state index in [9.17, 15) is 0 Å². The van der Waals surface area contributed by atoms with Gasteiger partial charge in [0.25, 0.3) is 0 Å². The van der Waals surface area contributed by atoms with Crippen molar-refractivity contribution in [2.45, 2.75) is 13.8 Å².